The summed E-state index contributed by atoms with van der Waals surface area (Å²) in [6.45, 7) is 7.79. The number of hydrogen-bond acceptors (Lipinski definition) is 9. The van der Waals surface area contributed by atoms with Gasteiger partial charge in [0, 0.05) is 47.2 Å². The molecular weight excluding hydrogens is 652 g/mol. The number of carbonyl (C=O) groups is 3. The molecule has 12 nitrogen and oxygen atoms in total. The molecule has 12 heteroatoms. The molecule has 2 amide bonds. The summed E-state index contributed by atoms with van der Waals surface area (Å²) in [7, 11) is 1.59. The molecule has 3 heterocycles. The van der Waals surface area contributed by atoms with Crippen molar-refractivity contribution in [1.82, 2.24) is 15.2 Å². The number of fused-ring (bicyclic) bond motifs is 2. The lowest BCUT2D eigenvalue weighted by Crippen LogP contribution is -2.55. The highest BCUT2D eigenvalue weighted by molar-refractivity contribution is 5.96. The van der Waals surface area contributed by atoms with Gasteiger partial charge in [-0.05, 0) is 36.6 Å². The average Bonchev–Trinajstić information content (AvgIpc) is 3.42. The van der Waals surface area contributed by atoms with Crippen molar-refractivity contribution in [2.45, 2.75) is 50.4 Å². The van der Waals surface area contributed by atoms with Crippen LogP contribution in [0.3, 0.4) is 0 Å². The van der Waals surface area contributed by atoms with Crippen LogP contribution in [0.4, 0.5) is 5.69 Å². The molecular formula is C39H40N4O8. The molecule has 1 unspecified atom stereocenters. The molecule has 264 valence electrons. The van der Waals surface area contributed by atoms with Gasteiger partial charge < -0.3 is 39.6 Å². The lowest BCUT2D eigenvalue weighted by Gasteiger charge is -2.31. The first-order chi connectivity index (χ1) is 24.6. The monoisotopic (exact) mass is 692 g/mol. The fourth-order valence-corrected chi connectivity index (χ4v) is 6.89. The van der Waals surface area contributed by atoms with E-state index in [4.69, 9.17) is 23.9 Å². The number of methoxy groups -OCH3 is 1. The van der Waals surface area contributed by atoms with Crippen LogP contribution in [0, 0.1) is 11.8 Å². The van der Waals surface area contributed by atoms with E-state index >= 15 is 0 Å². The van der Waals surface area contributed by atoms with Crippen LogP contribution < -0.4 is 29.6 Å². The van der Waals surface area contributed by atoms with Crippen LogP contribution in [0.15, 0.2) is 85.5 Å². The largest absolute Gasteiger partial charge is 0.497 e. The molecule has 5 atom stereocenters. The molecule has 3 aliphatic rings. The Labute approximate surface area is 295 Å². The van der Waals surface area contributed by atoms with E-state index in [-0.39, 0.29) is 38.0 Å². The van der Waals surface area contributed by atoms with E-state index < -0.39 is 41.5 Å². The minimum Gasteiger partial charge on any atom is -0.497 e. The van der Waals surface area contributed by atoms with Crippen LogP contribution in [0.5, 0.6) is 23.0 Å². The Bertz CT molecular complexity index is 2000. The minimum atomic E-state index is -1.46. The second kappa shape index (κ2) is 13.5. The van der Waals surface area contributed by atoms with Crippen LogP contribution in [0.2, 0.25) is 0 Å². The van der Waals surface area contributed by atoms with Crippen LogP contribution in [-0.4, -0.2) is 76.9 Å². The lowest BCUT2D eigenvalue weighted by molar-refractivity contribution is -0.145. The molecule has 51 heavy (non-hydrogen) atoms. The Kier molecular flexibility index (Phi) is 8.92. The third-order valence-electron chi connectivity index (χ3n) is 9.85. The summed E-state index contributed by atoms with van der Waals surface area (Å²) in [6, 6.07) is 20.7. The molecule has 1 saturated carbocycles. The topological polar surface area (TPSA) is 149 Å². The van der Waals surface area contributed by atoms with E-state index in [1.807, 2.05) is 74.5 Å². The predicted octanol–water partition coefficient (Wildman–Crippen LogP) is 5.27. The summed E-state index contributed by atoms with van der Waals surface area (Å²) in [6.07, 6.45) is 1.31. The number of aromatic nitrogens is 1. The van der Waals surface area contributed by atoms with Gasteiger partial charge >= 0.3 is 5.97 Å². The minimum absolute atomic E-state index is 0.0918. The van der Waals surface area contributed by atoms with E-state index in [2.05, 4.69) is 17.2 Å². The number of carboxylic acids is 1. The van der Waals surface area contributed by atoms with Gasteiger partial charge in [-0.2, -0.15) is 0 Å². The number of carbonyl (C=O) groups excluding carboxylic acids is 2. The molecule has 7 rings (SSSR count). The maximum atomic E-state index is 14.5. The molecule has 3 N–H and O–H groups in total. The SMILES string of the molecule is C=C[C@H]1CC1(NC(=O)[C@@H]1C[C@@H](Oc2cc(-c3ccccc3)nc3cc(OC)ccc23)CN1C(=O)[C@@H](Nc1ccc2c(c1)OCO2)C(C)C)C(=O)O. The molecule has 3 aromatic carbocycles. The Hall–Kier alpha value is -5.78. The van der Waals surface area contributed by atoms with Crippen LogP contribution in [0.1, 0.15) is 26.7 Å². The smallest absolute Gasteiger partial charge is 0.330 e. The molecule has 1 aromatic heterocycles. The van der Waals surface area contributed by atoms with Crippen LogP contribution >= 0.6 is 0 Å². The third-order valence-corrected chi connectivity index (χ3v) is 9.85. The van der Waals surface area contributed by atoms with E-state index in [1.165, 1.54) is 11.0 Å². The number of ether oxygens (including phenoxy) is 4. The quantitative estimate of drug-likeness (QED) is 0.168. The Morgan fingerprint density at radius 1 is 1.06 bits per heavy atom. The van der Waals surface area contributed by atoms with Crippen LogP contribution in [0.25, 0.3) is 22.2 Å². The first kappa shape index (κ1) is 33.7. The fourth-order valence-electron chi connectivity index (χ4n) is 6.89. The van der Waals surface area contributed by atoms with Gasteiger partial charge in [-0.25, -0.2) is 9.78 Å². The maximum Gasteiger partial charge on any atom is 0.330 e. The van der Waals surface area contributed by atoms with Crippen molar-refractivity contribution < 1.29 is 38.4 Å². The van der Waals surface area contributed by atoms with Gasteiger partial charge in [0.05, 0.1) is 24.9 Å². The average molecular weight is 693 g/mol. The number of carboxylic acid groups (broad SMARTS) is 1. The Morgan fingerprint density at radius 2 is 1.84 bits per heavy atom. The van der Waals surface area contributed by atoms with Gasteiger partial charge in [-0.1, -0.05) is 50.3 Å². The second-order valence-corrected chi connectivity index (χ2v) is 13.5. The first-order valence-electron chi connectivity index (χ1n) is 17.0. The van der Waals surface area contributed by atoms with E-state index in [9.17, 15) is 19.5 Å². The first-order valence-corrected chi connectivity index (χ1v) is 17.0. The maximum absolute atomic E-state index is 14.5. The molecule has 0 radical (unpaired) electrons. The number of benzene rings is 3. The van der Waals surface area contributed by atoms with Crippen molar-refractivity contribution in [2.24, 2.45) is 11.8 Å². The summed E-state index contributed by atoms with van der Waals surface area (Å²) in [5, 5.41) is 16.9. The van der Waals surface area contributed by atoms with Crippen molar-refractivity contribution >= 4 is 34.4 Å². The summed E-state index contributed by atoms with van der Waals surface area (Å²) < 4.78 is 23.1. The molecule has 4 aromatic rings. The summed E-state index contributed by atoms with van der Waals surface area (Å²) in [5.41, 5.74) is 1.43. The number of pyridine rings is 1. The van der Waals surface area contributed by atoms with Crippen molar-refractivity contribution in [2.75, 3.05) is 25.8 Å². The molecule has 1 saturated heterocycles. The third kappa shape index (κ3) is 6.49. The number of likely N-dealkylation sites (tertiary alicyclic amines) is 1. The number of nitrogens with zero attached hydrogens (tertiary/aromatic N) is 2. The summed E-state index contributed by atoms with van der Waals surface area (Å²) in [5.74, 6) is -0.241. The summed E-state index contributed by atoms with van der Waals surface area (Å²) in [4.78, 5) is 47.3. The summed E-state index contributed by atoms with van der Waals surface area (Å²) >= 11 is 0. The zero-order valence-electron chi connectivity index (χ0n) is 28.6. The zero-order valence-corrected chi connectivity index (χ0v) is 28.6. The van der Waals surface area contributed by atoms with Crippen molar-refractivity contribution in [3.05, 3.63) is 85.5 Å². The molecule has 1 aliphatic carbocycles. The van der Waals surface area contributed by atoms with Gasteiger partial charge in [0.2, 0.25) is 18.6 Å². The van der Waals surface area contributed by atoms with Crippen molar-refractivity contribution in [3.8, 4) is 34.3 Å². The molecule has 2 fully saturated rings. The van der Waals surface area contributed by atoms with Gasteiger partial charge in [0.1, 0.15) is 35.2 Å². The zero-order chi connectivity index (χ0) is 35.9. The van der Waals surface area contributed by atoms with E-state index in [1.54, 1.807) is 19.2 Å². The lowest BCUT2D eigenvalue weighted by atomic mass is 10.0. The van der Waals surface area contributed by atoms with E-state index in [0.29, 0.717) is 39.9 Å². The number of nitrogens with one attached hydrogen (secondary N) is 2. The van der Waals surface area contributed by atoms with Crippen molar-refractivity contribution in [3.63, 3.8) is 0 Å². The molecule has 0 spiro atoms. The standard InChI is InChI=1S/C39H40N4O8/c1-5-24-19-39(24,38(46)47)42-36(44)31-17-27(20-43(31)37(45)35(22(2)3)40-25-11-14-32-34(15-25)50-21-49-32)51-33-18-29(23-9-7-6-8-10-23)41-30-16-26(48-4)12-13-28(30)33/h5-16,18,22,24,27,31,35,40H,1,17,19-21H2,2-4H3,(H,42,44)(H,46,47)/t24-,27+,31-,35-,39?/m0/s1. The molecule has 2 aliphatic heterocycles. The Balaban J connectivity index is 1.21. The highest BCUT2D eigenvalue weighted by Gasteiger charge is 2.61. The highest BCUT2D eigenvalue weighted by Crippen LogP contribution is 2.45. The number of aliphatic carboxylic acids is 1. The van der Waals surface area contributed by atoms with Gasteiger partial charge in [-0.3, -0.25) is 9.59 Å². The number of anilines is 1. The van der Waals surface area contributed by atoms with E-state index in [0.717, 1.165) is 10.9 Å². The predicted molar refractivity (Wildman–Crippen MR) is 190 cm³/mol. The molecule has 0 bridgehead atoms. The fraction of sp³-hybridized carbons (Fsp3) is 0.333. The van der Waals surface area contributed by atoms with Crippen molar-refractivity contribution in [1.29, 1.82) is 0 Å². The van der Waals surface area contributed by atoms with Gasteiger partial charge in [0.25, 0.3) is 0 Å². The number of amides is 2. The Morgan fingerprint density at radius 3 is 2.55 bits per heavy atom. The number of hydrogen-bond donors (Lipinski definition) is 3. The normalized spacial score (nSPS) is 22.4. The number of rotatable bonds is 12. The van der Waals surface area contributed by atoms with Gasteiger partial charge in [-0.15, -0.1) is 6.58 Å². The highest BCUT2D eigenvalue weighted by atomic mass is 16.7. The van der Waals surface area contributed by atoms with Crippen LogP contribution in [-0.2, 0) is 14.4 Å². The van der Waals surface area contributed by atoms with Gasteiger partial charge in [0.15, 0.2) is 11.5 Å². The second-order valence-electron chi connectivity index (χ2n) is 13.5.